The van der Waals surface area contributed by atoms with Gasteiger partial charge in [0.25, 0.3) is 5.91 Å². The number of imide groups is 1. The van der Waals surface area contributed by atoms with Gasteiger partial charge in [-0.3, -0.25) is 24.1 Å². The van der Waals surface area contributed by atoms with Crippen molar-refractivity contribution in [3.63, 3.8) is 0 Å². The number of ether oxygens (including phenoxy) is 2. The number of hydrogen-bond acceptors (Lipinski definition) is 9. The minimum absolute atomic E-state index is 0.00531. The van der Waals surface area contributed by atoms with Gasteiger partial charge in [0, 0.05) is 26.2 Å². The van der Waals surface area contributed by atoms with Crippen LogP contribution in [-0.4, -0.2) is 47.1 Å². The normalized spacial score (nSPS) is 26.2. The third kappa shape index (κ3) is 5.51. The lowest BCUT2D eigenvalue weighted by Crippen LogP contribution is -2.42. The number of esters is 1. The van der Waals surface area contributed by atoms with Crippen LogP contribution in [0.1, 0.15) is 40.1 Å². The van der Waals surface area contributed by atoms with Gasteiger partial charge in [-0.15, -0.1) is 11.8 Å². The van der Waals surface area contributed by atoms with E-state index < -0.39 is 5.97 Å². The van der Waals surface area contributed by atoms with E-state index in [1.807, 2.05) is 36.4 Å². The molecule has 2 N–H and O–H groups in total. The zero-order valence-corrected chi connectivity index (χ0v) is 29.3. The van der Waals surface area contributed by atoms with Gasteiger partial charge in [0.05, 0.1) is 34.7 Å². The summed E-state index contributed by atoms with van der Waals surface area (Å²) in [6, 6.07) is 21.3. The molecule has 2 bridgehead atoms. The van der Waals surface area contributed by atoms with Crippen molar-refractivity contribution in [1.82, 2.24) is 4.98 Å². The monoisotopic (exact) mass is 759 g/mol. The van der Waals surface area contributed by atoms with Crippen molar-refractivity contribution < 1.29 is 28.7 Å². The number of carbonyl (C=O) groups excluding carboxylic acids is 4. The Kier molecular flexibility index (Phi) is 8.24. The van der Waals surface area contributed by atoms with Crippen LogP contribution in [-0.2, 0) is 19.1 Å². The molecule has 8 rings (SSSR count). The number of aromatic amines is 1. The van der Waals surface area contributed by atoms with Gasteiger partial charge in [-0.2, -0.15) is 0 Å². The van der Waals surface area contributed by atoms with Gasteiger partial charge in [0.1, 0.15) is 5.75 Å². The molecule has 4 aromatic rings. The lowest BCUT2D eigenvalue weighted by molar-refractivity contribution is -0.123. The summed E-state index contributed by atoms with van der Waals surface area (Å²) in [6.07, 6.45) is 0.806. The van der Waals surface area contributed by atoms with Gasteiger partial charge in [-0.1, -0.05) is 39.4 Å². The van der Waals surface area contributed by atoms with E-state index in [-0.39, 0.29) is 76.6 Å². The van der Waals surface area contributed by atoms with E-state index in [2.05, 4.69) is 26.2 Å². The molecular formula is C36H30BrN3O7S2. The first-order valence-electron chi connectivity index (χ1n) is 16.0. The van der Waals surface area contributed by atoms with Crippen molar-refractivity contribution in [2.24, 2.45) is 29.6 Å². The molecule has 3 amide bonds. The fourth-order valence-corrected chi connectivity index (χ4v) is 11.4. The SMILES string of the molecule is CCOC(=O)c1ccc(NC(=O)COc2ccc([C@H]3c4sc(=O)[nH]c4SC4C3[C@H]3C[C@@H]4C4C(=O)N(c5ccc(Br)cc5)C(=O)C43)cc2)cc1. The van der Waals surface area contributed by atoms with E-state index in [1.165, 1.54) is 16.2 Å². The molecule has 2 saturated carbocycles. The second kappa shape index (κ2) is 12.6. The first-order chi connectivity index (χ1) is 23.7. The quantitative estimate of drug-likeness (QED) is 0.163. The molecule has 49 heavy (non-hydrogen) atoms. The van der Waals surface area contributed by atoms with E-state index in [0.717, 1.165) is 26.4 Å². The zero-order valence-electron chi connectivity index (χ0n) is 26.1. The summed E-state index contributed by atoms with van der Waals surface area (Å²) in [5.74, 6) is -1.28. The van der Waals surface area contributed by atoms with Gasteiger partial charge in [0.15, 0.2) is 6.61 Å². The number of carbonyl (C=O) groups is 4. The lowest BCUT2D eigenvalue weighted by Gasteiger charge is -2.43. The van der Waals surface area contributed by atoms with Crippen LogP contribution < -0.4 is 19.8 Å². The number of H-pyrrole nitrogens is 1. The molecule has 13 heteroatoms. The largest absolute Gasteiger partial charge is 0.484 e. The number of fused-ring (bicyclic) bond motifs is 9. The number of rotatable bonds is 8. The van der Waals surface area contributed by atoms with Crippen LogP contribution in [0.15, 0.2) is 87.1 Å². The minimum Gasteiger partial charge on any atom is -0.484 e. The number of halogens is 1. The summed E-state index contributed by atoms with van der Waals surface area (Å²) in [5.41, 5.74) is 2.52. The Morgan fingerprint density at radius 2 is 1.63 bits per heavy atom. The molecule has 250 valence electrons. The smallest absolute Gasteiger partial charge is 0.338 e. The van der Waals surface area contributed by atoms with Gasteiger partial charge in [0.2, 0.25) is 11.8 Å². The van der Waals surface area contributed by atoms with E-state index in [0.29, 0.717) is 22.7 Å². The second-order valence-electron chi connectivity index (χ2n) is 12.7. The van der Waals surface area contributed by atoms with Crippen LogP contribution in [0.3, 0.4) is 0 Å². The number of aromatic nitrogens is 1. The third-order valence-electron chi connectivity index (χ3n) is 10.1. The standard InChI is InChI=1S/C36H30BrN3O7S2/c1-2-46-35(44)18-3-9-20(10-4-18)38-25(41)16-47-22-13-5-17(6-14-22)26-27-23-15-24(30(27)48-32-31(26)49-36(45)39-32)29-28(23)33(42)40(34(29)43)21-11-7-19(37)8-12-21/h3-14,23-24,26-30H,2,15-16H2,1H3,(H,38,41)(H,39,45)/t23-,24-,26-,27?,28?,29?,30?/m1/s1. The van der Waals surface area contributed by atoms with Crippen LogP contribution in [0.5, 0.6) is 5.75 Å². The maximum atomic E-state index is 14.0. The summed E-state index contributed by atoms with van der Waals surface area (Å²) in [7, 11) is 0. The summed E-state index contributed by atoms with van der Waals surface area (Å²) < 4.78 is 11.7. The molecule has 3 heterocycles. The fourth-order valence-electron chi connectivity index (χ4n) is 8.26. The number of anilines is 2. The number of amides is 3. The molecule has 10 nitrogen and oxygen atoms in total. The maximum absolute atomic E-state index is 14.0. The Morgan fingerprint density at radius 1 is 0.939 bits per heavy atom. The van der Waals surface area contributed by atoms with Crippen molar-refractivity contribution in [1.29, 1.82) is 0 Å². The Labute approximate surface area is 297 Å². The van der Waals surface area contributed by atoms with Crippen molar-refractivity contribution in [2.75, 3.05) is 23.4 Å². The van der Waals surface area contributed by atoms with Gasteiger partial charge in [-0.25, -0.2) is 4.79 Å². The molecule has 7 atom stereocenters. The molecule has 2 aliphatic carbocycles. The highest BCUT2D eigenvalue weighted by molar-refractivity contribution is 9.10. The average molecular weight is 761 g/mol. The molecule has 1 aromatic heterocycles. The Morgan fingerprint density at radius 3 is 2.33 bits per heavy atom. The highest BCUT2D eigenvalue weighted by Crippen LogP contribution is 2.68. The number of thiazole rings is 1. The van der Waals surface area contributed by atoms with Crippen molar-refractivity contribution in [2.45, 2.75) is 29.5 Å². The molecule has 0 radical (unpaired) electrons. The highest BCUT2D eigenvalue weighted by atomic mass is 79.9. The number of nitrogens with zero attached hydrogens (tertiary/aromatic N) is 1. The fraction of sp³-hybridized carbons (Fsp3) is 0.306. The van der Waals surface area contributed by atoms with Gasteiger partial charge < -0.3 is 19.8 Å². The van der Waals surface area contributed by atoms with Crippen molar-refractivity contribution in [3.05, 3.63) is 103 Å². The molecule has 0 spiro atoms. The molecule has 4 aliphatic rings. The van der Waals surface area contributed by atoms with E-state index in [1.54, 1.807) is 55.1 Å². The lowest BCUT2D eigenvalue weighted by atomic mass is 9.68. The number of thioether (sulfide) groups is 1. The topological polar surface area (TPSA) is 135 Å². The Hall–Kier alpha value is -4.20. The van der Waals surface area contributed by atoms with Crippen molar-refractivity contribution >= 4 is 74.1 Å². The summed E-state index contributed by atoms with van der Waals surface area (Å²) in [4.78, 5) is 70.1. The summed E-state index contributed by atoms with van der Waals surface area (Å²) >= 11 is 6.30. The minimum atomic E-state index is -0.424. The highest BCUT2D eigenvalue weighted by Gasteiger charge is 2.69. The molecule has 4 unspecified atom stereocenters. The zero-order chi connectivity index (χ0) is 34.0. The second-order valence-corrected chi connectivity index (χ2v) is 15.8. The predicted molar refractivity (Wildman–Crippen MR) is 188 cm³/mol. The van der Waals surface area contributed by atoms with E-state index in [9.17, 15) is 24.0 Å². The Bertz CT molecular complexity index is 2030. The summed E-state index contributed by atoms with van der Waals surface area (Å²) in [5, 5.41) is 3.69. The summed E-state index contributed by atoms with van der Waals surface area (Å²) in [6.45, 7) is 1.80. The first kappa shape index (κ1) is 32.0. The maximum Gasteiger partial charge on any atom is 0.338 e. The number of hydrogen-bond donors (Lipinski definition) is 2. The number of nitrogens with one attached hydrogen (secondary N) is 2. The number of benzene rings is 3. The van der Waals surface area contributed by atoms with E-state index in [4.69, 9.17) is 9.47 Å². The average Bonchev–Trinajstić information content (AvgIpc) is 3.84. The Balaban J connectivity index is 0.996. The molecular weight excluding hydrogens is 730 g/mol. The molecule has 3 fully saturated rings. The molecule has 1 saturated heterocycles. The van der Waals surface area contributed by atoms with E-state index >= 15 is 0 Å². The predicted octanol–water partition coefficient (Wildman–Crippen LogP) is 6.07. The molecule has 3 aromatic carbocycles. The van der Waals surface area contributed by atoms with Crippen LogP contribution in [0.25, 0.3) is 0 Å². The van der Waals surface area contributed by atoms with Crippen LogP contribution in [0.4, 0.5) is 11.4 Å². The van der Waals surface area contributed by atoms with Crippen molar-refractivity contribution in [3.8, 4) is 5.75 Å². The van der Waals surface area contributed by atoms with Gasteiger partial charge in [-0.05, 0) is 97.3 Å². The van der Waals surface area contributed by atoms with Crippen LogP contribution >= 0.6 is 39.0 Å². The van der Waals surface area contributed by atoms with Gasteiger partial charge >= 0.3 is 10.8 Å². The van der Waals surface area contributed by atoms with Crippen LogP contribution in [0.2, 0.25) is 0 Å². The van der Waals surface area contributed by atoms with Crippen LogP contribution in [0, 0.1) is 29.6 Å². The first-order valence-corrected chi connectivity index (χ1v) is 18.5. The third-order valence-corrected chi connectivity index (χ3v) is 13.2. The molecule has 2 aliphatic heterocycles.